The molecule has 0 radical (unpaired) electrons. The van der Waals surface area contributed by atoms with Crippen LogP contribution >= 0.6 is 0 Å². The molecule has 0 fully saturated rings. The minimum atomic E-state index is -0.484. The number of nitrogens with zero attached hydrogens (tertiary/aromatic N) is 1. The van der Waals surface area contributed by atoms with Gasteiger partial charge in [0.05, 0.1) is 16.3 Å². The lowest BCUT2D eigenvalue weighted by molar-refractivity contribution is 0.100. The summed E-state index contributed by atoms with van der Waals surface area (Å²) in [4.78, 5) is 16.2. The number of nitrogens with two attached hydrogens (primary N) is 1. The van der Waals surface area contributed by atoms with E-state index in [2.05, 4.69) is 37.9 Å². The van der Waals surface area contributed by atoms with E-state index in [1.807, 2.05) is 12.1 Å². The van der Waals surface area contributed by atoms with Crippen LogP contribution in [0.2, 0.25) is 0 Å². The van der Waals surface area contributed by atoms with E-state index in [0.717, 1.165) is 16.3 Å². The largest absolute Gasteiger partial charge is 0.456 e. The molecule has 0 aliphatic rings. The predicted octanol–water partition coefficient (Wildman–Crippen LogP) is 3.51. The minimum Gasteiger partial charge on any atom is -0.456 e. The molecule has 2 aromatic carbocycles. The third-order valence-corrected chi connectivity index (χ3v) is 4.07. The van der Waals surface area contributed by atoms with Crippen molar-refractivity contribution in [2.45, 2.75) is 26.2 Å². The van der Waals surface area contributed by atoms with Gasteiger partial charge in [-0.15, -0.1) is 0 Å². The van der Waals surface area contributed by atoms with Crippen molar-refractivity contribution in [2.24, 2.45) is 10.7 Å². The Morgan fingerprint density at radius 3 is 2.48 bits per heavy atom. The van der Waals surface area contributed by atoms with Crippen LogP contribution in [0.1, 0.15) is 36.7 Å². The number of amides is 1. The van der Waals surface area contributed by atoms with Gasteiger partial charge in [0.25, 0.3) is 0 Å². The van der Waals surface area contributed by atoms with Crippen molar-refractivity contribution in [3.05, 3.63) is 52.9 Å². The SMILES string of the molecule is CN=c1c2cc(C(C)(C)C)ccc2oc2cccc(C(N)=O)c12. The molecule has 0 spiro atoms. The number of rotatable bonds is 1. The van der Waals surface area contributed by atoms with Crippen LogP contribution in [0.15, 0.2) is 45.8 Å². The van der Waals surface area contributed by atoms with Crippen LogP contribution in [0.5, 0.6) is 0 Å². The summed E-state index contributed by atoms with van der Waals surface area (Å²) in [6, 6.07) is 11.4. The van der Waals surface area contributed by atoms with Crippen molar-refractivity contribution >= 4 is 27.8 Å². The van der Waals surface area contributed by atoms with Gasteiger partial charge in [0.1, 0.15) is 11.2 Å². The molecule has 0 saturated carbocycles. The number of benzene rings is 2. The second-order valence-electron chi connectivity index (χ2n) is 6.68. The summed E-state index contributed by atoms with van der Waals surface area (Å²) in [5, 5.41) is 2.30. The molecule has 3 aromatic rings. The molecule has 1 amide bonds. The maximum absolute atomic E-state index is 11.8. The number of carbonyl (C=O) groups is 1. The zero-order chi connectivity index (χ0) is 16.8. The molecule has 0 aliphatic carbocycles. The van der Waals surface area contributed by atoms with Crippen LogP contribution in [0, 0.1) is 0 Å². The second-order valence-corrected chi connectivity index (χ2v) is 6.68. The molecule has 0 atom stereocenters. The van der Waals surface area contributed by atoms with E-state index in [-0.39, 0.29) is 5.41 Å². The van der Waals surface area contributed by atoms with Gasteiger partial charge in [-0.1, -0.05) is 32.9 Å². The summed E-state index contributed by atoms with van der Waals surface area (Å²) in [5.41, 5.74) is 8.50. The molecule has 0 saturated heterocycles. The molecular weight excluding hydrogens is 288 g/mol. The van der Waals surface area contributed by atoms with E-state index < -0.39 is 5.91 Å². The van der Waals surface area contributed by atoms with Crippen molar-refractivity contribution in [1.82, 2.24) is 0 Å². The molecule has 0 bridgehead atoms. The first-order valence-corrected chi connectivity index (χ1v) is 7.55. The van der Waals surface area contributed by atoms with E-state index in [9.17, 15) is 4.79 Å². The van der Waals surface area contributed by atoms with Crippen LogP contribution < -0.4 is 11.1 Å². The first kappa shape index (κ1) is 15.3. The fourth-order valence-corrected chi connectivity index (χ4v) is 2.82. The summed E-state index contributed by atoms with van der Waals surface area (Å²) < 4.78 is 5.98. The molecule has 3 rings (SSSR count). The van der Waals surface area contributed by atoms with E-state index in [0.29, 0.717) is 16.5 Å². The fourth-order valence-electron chi connectivity index (χ4n) is 2.82. The first-order valence-electron chi connectivity index (χ1n) is 7.55. The van der Waals surface area contributed by atoms with Crippen LogP contribution in [0.25, 0.3) is 21.9 Å². The van der Waals surface area contributed by atoms with E-state index in [4.69, 9.17) is 10.2 Å². The summed E-state index contributed by atoms with van der Waals surface area (Å²) in [7, 11) is 1.72. The average molecular weight is 308 g/mol. The van der Waals surface area contributed by atoms with E-state index >= 15 is 0 Å². The average Bonchev–Trinajstić information content (AvgIpc) is 2.50. The molecule has 4 nitrogen and oxygen atoms in total. The molecule has 0 unspecified atom stereocenters. The Bertz CT molecular complexity index is 992. The van der Waals surface area contributed by atoms with Crippen LogP contribution in [-0.2, 0) is 5.41 Å². The maximum atomic E-state index is 11.8. The summed E-state index contributed by atoms with van der Waals surface area (Å²) in [5.74, 6) is -0.484. The predicted molar refractivity (Wildman–Crippen MR) is 92.4 cm³/mol. The first-order chi connectivity index (χ1) is 10.8. The number of hydrogen-bond donors (Lipinski definition) is 1. The van der Waals surface area contributed by atoms with Crippen LogP contribution in [0.3, 0.4) is 0 Å². The van der Waals surface area contributed by atoms with E-state index in [1.54, 1.807) is 19.2 Å². The highest BCUT2D eigenvalue weighted by Gasteiger charge is 2.17. The summed E-state index contributed by atoms with van der Waals surface area (Å²) >= 11 is 0. The van der Waals surface area contributed by atoms with Gasteiger partial charge in [-0.25, -0.2) is 0 Å². The molecule has 1 aromatic heterocycles. The Morgan fingerprint density at radius 2 is 1.87 bits per heavy atom. The van der Waals surface area contributed by atoms with Gasteiger partial charge in [0.2, 0.25) is 5.91 Å². The van der Waals surface area contributed by atoms with Crippen molar-refractivity contribution in [3.8, 4) is 0 Å². The highest BCUT2D eigenvalue weighted by molar-refractivity contribution is 6.06. The third kappa shape index (κ3) is 2.50. The molecule has 118 valence electrons. The molecule has 23 heavy (non-hydrogen) atoms. The summed E-state index contributed by atoms with van der Waals surface area (Å²) in [6.45, 7) is 6.47. The number of fused-ring (bicyclic) bond motifs is 2. The number of carbonyl (C=O) groups excluding carboxylic acids is 1. The highest BCUT2D eigenvalue weighted by atomic mass is 16.3. The maximum Gasteiger partial charge on any atom is 0.249 e. The van der Waals surface area contributed by atoms with Gasteiger partial charge in [0, 0.05) is 12.4 Å². The molecule has 2 N–H and O–H groups in total. The lowest BCUT2D eigenvalue weighted by Crippen LogP contribution is -2.17. The second kappa shape index (κ2) is 5.23. The third-order valence-electron chi connectivity index (χ3n) is 4.07. The minimum absolute atomic E-state index is 0.0113. The van der Waals surface area contributed by atoms with Gasteiger partial charge >= 0.3 is 0 Å². The monoisotopic (exact) mass is 308 g/mol. The van der Waals surface area contributed by atoms with Gasteiger partial charge in [0.15, 0.2) is 0 Å². The van der Waals surface area contributed by atoms with Crippen molar-refractivity contribution < 1.29 is 9.21 Å². The Kier molecular flexibility index (Phi) is 3.48. The topological polar surface area (TPSA) is 68.6 Å². The Labute approximate surface area is 134 Å². The fraction of sp³-hybridized carbons (Fsp3) is 0.263. The molecule has 4 heteroatoms. The summed E-state index contributed by atoms with van der Waals surface area (Å²) in [6.07, 6.45) is 0. The standard InChI is InChI=1S/C19H20N2O2/c1-19(2,3)11-8-9-14-13(10-11)17(21-4)16-12(18(20)22)6-5-7-15(16)23-14/h5-10H,1-4H3,(H2,20,22). The van der Waals surface area contributed by atoms with Crippen molar-refractivity contribution in [2.75, 3.05) is 7.05 Å². The Morgan fingerprint density at radius 1 is 1.13 bits per heavy atom. The van der Waals surface area contributed by atoms with Gasteiger partial charge in [-0.3, -0.25) is 9.79 Å². The van der Waals surface area contributed by atoms with Gasteiger partial charge in [-0.05, 0) is 35.2 Å². The Hall–Kier alpha value is -2.62. The molecule has 0 aliphatic heterocycles. The lowest BCUT2D eigenvalue weighted by Gasteiger charge is -2.19. The lowest BCUT2D eigenvalue weighted by atomic mass is 9.86. The smallest absolute Gasteiger partial charge is 0.249 e. The molecule has 1 heterocycles. The van der Waals surface area contributed by atoms with Gasteiger partial charge < -0.3 is 10.2 Å². The van der Waals surface area contributed by atoms with Crippen molar-refractivity contribution in [1.29, 1.82) is 0 Å². The number of primary amides is 1. The van der Waals surface area contributed by atoms with Crippen molar-refractivity contribution in [3.63, 3.8) is 0 Å². The van der Waals surface area contributed by atoms with Crippen LogP contribution in [0.4, 0.5) is 0 Å². The van der Waals surface area contributed by atoms with E-state index in [1.165, 1.54) is 5.56 Å². The molecular formula is C19H20N2O2. The number of hydrogen-bond acceptors (Lipinski definition) is 3. The highest BCUT2D eigenvalue weighted by Crippen LogP contribution is 2.27. The Balaban J connectivity index is 2.54. The quantitative estimate of drug-likeness (QED) is 0.699. The normalized spacial score (nSPS) is 13.0. The van der Waals surface area contributed by atoms with Crippen LogP contribution in [-0.4, -0.2) is 13.0 Å². The van der Waals surface area contributed by atoms with Gasteiger partial charge in [-0.2, -0.15) is 0 Å². The zero-order valence-corrected chi connectivity index (χ0v) is 13.8. The zero-order valence-electron chi connectivity index (χ0n) is 13.8.